The Bertz CT molecular complexity index is 561. The van der Waals surface area contributed by atoms with Gasteiger partial charge in [0.1, 0.15) is 0 Å². The summed E-state index contributed by atoms with van der Waals surface area (Å²) >= 11 is 0. The average Bonchev–Trinajstić information content (AvgIpc) is 2.37. The number of sulfonamides is 1. The van der Waals surface area contributed by atoms with Crippen LogP contribution in [0, 0.1) is 5.41 Å². The molecule has 0 bridgehead atoms. The molecule has 5 nitrogen and oxygen atoms in total. The van der Waals surface area contributed by atoms with E-state index in [-0.39, 0.29) is 16.7 Å². The summed E-state index contributed by atoms with van der Waals surface area (Å²) in [6, 6.07) is 5.85. The first-order valence-corrected chi connectivity index (χ1v) is 8.10. The van der Waals surface area contributed by atoms with E-state index in [4.69, 9.17) is 5.11 Å². The Morgan fingerprint density at radius 2 is 1.80 bits per heavy atom. The first-order chi connectivity index (χ1) is 9.15. The van der Waals surface area contributed by atoms with Crippen LogP contribution in [0.25, 0.3) is 0 Å². The van der Waals surface area contributed by atoms with Crippen LogP contribution in [-0.4, -0.2) is 26.0 Å². The van der Waals surface area contributed by atoms with E-state index in [0.717, 1.165) is 6.42 Å². The van der Waals surface area contributed by atoms with E-state index in [0.29, 0.717) is 12.1 Å². The molecule has 0 unspecified atom stereocenters. The number of hydrogen-bond acceptors (Lipinski definition) is 3. The van der Waals surface area contributed by atoms with Gasteiger partial charge < -0.3 is 5.11 Å². The highest BCUT2D eigenvalue weighted by molar-refractivity contribution is 7.88. The van der Waals surface area contributed by atoms with Gasteiger partial charge in [0.2, 0.25) is 10.0 Å². The van der Waals surface area contributed by atoms with Crippen LogP contribution in [0.5, 0.6) is 0 Å². The van der Waals surface area contributed by atoms with Crippen LogP contribution in [0.1, 0.15) is 43.1 Å². The van der Waals surface area contributed by atoms with Crippen molar-refractivity contribution in [1.82, 2.24) is 4.72 Å². The number of aromatic carboxylic acids is 1. The van der Waals surface area contributed by atoms with Crippen molar-refractivity contribution in [1.29, 1.82) is 0 Å². The first kappa shape index (κ1) is 16.7. The molecule has 1 rings (SSSR count). The van der Waals surface area contributed by atoms with Gasteiger partial charge in [-0.05, 0) is 29.5 Å². The number of carboxylic acid groups (broad SMARTS) is 1. The minimum atomic E-state index is -3.41. The SMILES string of the molecule is CCC(C)(C)CNS(=O)(=O)Cc1ccc(C(=O)O)cc1. The van der Waals surface area contributed by atoms with E-state index >= 15 is 0 Å². The summed E-state index contributed by atoms with van der Waals surface area (Å²) in [6.07, 6.45) is 0.878. The molecule has 6 heteroatoms. The number of carbonyl (C=O) groups is 1. The third-order valence-electron chi connectivity index (χ3n) is 3.29. The second kappa shape index (κ2) is 6.37. The molecule has 0 spiro atoms. The highest BCUT2D eigenvalue weighted by atomic mass is 32.2. The molecule has 0 fully saturated rings. The highest BCUT2D eigenvalue weighted by Gasteiger charge is 2.19. The fourth-order valence-corrected chi connectivity index (χ4v) is 2.79. The van der Waals surface area contributed by atoms with Crippen LogP contribution in [0.4, 0.5) is 0 Å². The van der Waals surface area contributed by atoms with Crippen LogP contribution >= 0.6 is 0 Å². The predicted octanol–water partition coefficient (Wildman–Crippen LogP) is 2.24. The molecule has 0 aliphatic heterocycles. The number of benzene rings is 1. The van der Waals surface area contributed by atoms with Crippen LogP contribution in [0.2, 0.25) is 0 Å². The molecule has 1 aromatic rings. The molecular weight excluding hydrogens is 278 g/mol. The van der Waals surface area contributed by atoms with Gasteiger partial charge in [0.05, 0.1) is 11.3 Å². The molecule has 0 aliphatic rings. The summed E-state index contributed by atoms with van der Waals surface area (Å²) in [5.41, 5.74) is 0.628. The lowest BCUT2D eigenvalue weighted by Crippen LogP contribution is -2.34. The van der Waals surface area contributed by atoms with Crippen molar-refractivity contribution >= 4 is 16.0 Å². The Hall–Kier alpha value is -1.40. The molecule has 112 valence electrons. The summed E-state index contributed by atoms with van der Waals surface area (Å²) < 4.78 is 26.5. The zero-order chi connectivity index (χ0) is 15.4. The van der Waals surface area contributed by atoms with Crippen molar-refractivity contribution in [2.75, 3.05) is 6.54 Å². The van der Waals surface area contributed by atoms with Crippen molar-refractivity contribution in [2.45, 2.75) is 32.9 Å². The number of nitrogens with one attached hydrogen (secondary N) is 1. The highest BCUT2D eigenvalue weighted by Crippen LogP contribution is 2.18. The average molecular weight is 299 g/mol. The standard InChI is InChI=1S/C14H21NO4S/c1-4-14(2,3)10-15-20(18,19)9-11-5-7-12(8-6-11)13(16)17/h5-8,15H,4,9-10H2,1-3H3,(H,16,17). The Labute approximate surface area is 120 Å². The Morgan fingerprint density at radius 1 is 1.25 bits per heavy atom. The van der Waals surface area contributed by atoms with Crippen molar-refractivity contribution in [3.63, 3.8) is 0 Å². The van der Waals surface area contributed by atoms with Gasteiger partial charge in [0, 0.05) is 6.54 Å². The van der Waals surface area contributed by atoms with Crippen molar-refractivity contribution < 1.29 is 18.3 Å². The second-order valence-electron chi connectivity index (χ2n) is 5.60. The molecule has 2 N–H and O–H groups in total. The third-order valence-corrected chi connectivity index (χ3v) is 4.58. The quantitative estimate of drug-likeness (QED) is 0.808. The third kappa shape index (κ3) is 5.30. The number of carboxylic acids is 1. The predicted molar refractivity (Wildman–Crippen MR) is 78.1 cm³/mol. The first-order valence-electron chi connectivity index (χ1n) is 6.45. The maximum Gasteiger partial charge on any atom is 0.335 e. The molecule has 20 heavy (non-hydrogen) atoms. The van der Waals surface area contributed by atoms with Gasteiger partial charge in [-0.1, -0.05) is 32.9 Å². The molecule has 0 saturated heterocycles. The van der Waals surface area contributed by atoms with Crippen molar-refractivity contribution in [3.8, 4) is 0 Å². The zero-order valence-corrected chi connectivity index (χ0v) is 12.8. The molecule has 0 radical (unpaired) electrons. The summed E-state index contributed by atoms with van der Waals surface area (Å²) in [7, 11) is -3.41. The van der Waals surface area contributed by atoms with Gasteiger partial charge in [0.15, 0.2) is 0 Å². The summed E-state index contributed by atoms with van der Waals surface area (Å²) in [6.45, 7) is 6.40. The number of rotatable bonds is 7. The van der Waals surface area contributed by atoms with Crippen LogP contribution in [-0.2, 0) is 15.8 Å². The van der Waals surface area contributed by atoms with Crippen molar-refractivity contribution in [2.24, 2.45) is 5.41 Å². The van der Waals surface area contributed by atoms with Crippen LogP contribution in [0.3, 0.4) is 0 Å². The Kier molecular flexibility index (Phi) is 5.30. The Balaban J connectivity index is 2.69. The van der Waals surface area contributed by atoms with Crippen LogP contribution in [0.15, 0.2) is 24.3 Å². The molecular formula is C14H21NO4S. The fourth-order valence-electron chi connectivity index (χ4n) is 1.44. The van der Waals surface area contributed by atoms with Crippen molar-refractivity contribution in [3.05, 3.63) is 35.4 Å². The topological polar surface area (TPSA) is 83.5 Å². The molecule has 0 saturated carbocycles. The lowest BCUT2D eigenvalue weighted by atomic mass is 9.91. The fraction of sp³-hybridized carbons (Fsp3) is 0.500. The lowest BCUT2D eigenvalue weighted by molar-refractivity contribution is 0.0697. The minimum absolute atomic E-state index is 0.0831. The van der Waals surface area contributed by atoms with Gasteiger partial charge in [-0.15, -0.1) is 0 Å². The molecule has 0 atom stereocenters. The van der Waals surface area contributed by atoms with Gasteiger partial charge in [-0.2, -0.15) is 0 Å². The Morgan fingerprint density at radius 3 is 2.25 bits per heavy atom. The van der Waals surface area contributed by atoms with E-state index < -0.39 is 16.0 Å². The molecule has 0 aliphatic carbocycles. The molecule has 0 aromatic heterocycles. The summed E-state index contributed by atoms with van der Waals surface area (Å²) in [5.74, 6) is -1.17. The van der Waals surface area contributed by atoms with Gasteiger partial charge in [0.25, 0.3) is 0 Å². The molecule has 1 aromatic carbocycles. The van der Waals surface area contributed by atoms with E-state index in [1.54, 1.807) is 0 Å². The largest absolute Gasteiger partial charge is 0.478 e. The summed E-state index contributed by atoms with van der Waals surface area (Å²) in [4.78, 5) is 10.7. The second-order valence-corrected chi connectivity index (χ2v) is 7.41. The molecule has 0 amide bonds. The smallest absolute Gasteiger partial charge is 0.335 e. The normalized spacial score (nSPS) is 12.3. The minimum Gasteiger partial charge on any atom is -0.478 e. The van der Waals surface area contributed by atoms with E-state index in [1.165, 1.54) is 24.3 Å². The monoisotopic (exact) mass is 299 g/mol. The zero-order valence-electron chi connectivity index (χ0n) is 12.0. The summed E-state index contributed by atoms with van der Waals surface area (Å²) in [5, 5.41) is 8.78. The van der Waals surface area contributed by atoms with Gasteiger partial charge >= 0.3 is 5.97 Å². The van der Waals surface area contributed by atoms with Crippen LogP contribution < -0.4 is 4.72 Å². The van der Waals surface area contributed by atoms with E-state index in [9.17, 15) is 13.2 Å². The lowest BCUT2D eigenvalue weighted by Gasteiger charge is -2.22. The number of hydrogen-bond donors (Lipinski definition) is 2. The van der Waals surface area contributed by atoms with Gasteiger partial charge in [-0.25, -0.2) is 17.9 Å². The maximum atomic E-state index is 12.0. The van der Waals surface area contributed by atoms with E-state index in [2.05, 4.69) is 4.72 Å². The van der Waals surface area contributed by atoms with Gasteiger partial charge in [-0.3, -0.25) is 0 Å². The van der Waals surface area contributed by atoms with E-state index in [1.807, 2.05) is 20.8 Å². The molecule has 0 heterocycles. The maximum absolute atomic E-state index is 12.0.